The topological polar surface area (TPSA) is 9.23 Å². The van der Waals surface area contributed by atoms with Crippen molar-refractivity contribution in [2.45, 2.75) is 84.2 Å². The maximum atomic E-state index is 6.72. The van der Waals surface area contributed by atoms with E-state index in [0.717, 1.165) is 29.4 Å². The van der Waals surface area contributed by atoms with Crippen LogP contribution in [-0.2, 0) is 0 Å². The molecule has 0 N–H and O–H groups in total. The summed E-state index contributed by atoms with van der Waals surface area (Å²) in [5.74, 6) is 4.68. The fourth-order valence-corrected chi connectivity index (χ4v) is 8.12. The highest BCUT2D eigenvalue weighted by Gasteiger charge is 2.60. The van der Waals surface area contributed by atoms with Crippen molar-refractivity contribution < 1.29 is 4.74 Å². The van der Waals surface area contributed by atoms with Crippen molar-refractivity contribution >= 4 is 0 Å². The van der Waals surface area contributed by atoms with Crippen LogP contribution in [0.5, 0.6) is 5.75 Å². The van der Waals surface area contributed by atoms with Crippen LogP contribution >= 0.6 is 0 Å². The zero-order valence-corrected chi connectivity index (χ0v) is 16.8. The summed E-state index contributed by atoms with van der Waals surface area (Å²) >= 11 is 0. The Morgan fingerprint density at radius 3 is 2.46 bits per heavy atom. The van der Waals surface area contributed by atoms with Gasteiger partial charge >= 0.3 is 0 Å². The van der Waals surface area contributed by atoms with Crippen LogP contribution in [0, 0.1) is 34.5 Å². The molecule has 2 unspecified atom stereocenters. The second kappa shape index (κ2) is 6.28. The molecule has 1 aromatic rings. The van der Waals surface area contributed by atoms with Gasteiger partial charge in [0.15, 0.2) is 0 Å². The first-order valence-corrected chi connectivity index (χ1v) is 11.3. The van der Waals surface area contributed by atoms with Gasteiger partial charge in [-0.1, -0.05) is 51.3 Å². The molecular formula is C25H36O. The predicted molar refractivity (Wildman–Crippen MR) is 107 cm³/mol. The van der Waals surface area contributed by atoms with E-state index in [0.29, 0.717) is 16.9 Å². The SMILES string of the molecule is C[C@@]12CCC[C@H]1[C@@H]1CC(Oc3ccccc3)C3CCCC[C@]3(C)[C@@H]1CC2. The molecule has 4 fully saturated rings. The van der Waals surface area contributed by atoms with E-state index in [2.05, 4.69) is 44.2 Å². The third kappa shape index (κ3) is 2.56. The van der Waals surface area contributed by atoms with Gasteiger partial charge in [-0.05, 0) is 85.7 Å². The van der Waals surface area contributed by atoms with Crippen molar-refractivity contribution in [3.8, 4) is 5.75 Å². The van der Waals surface area contributed by atoms with Gasteiger partial charge < -0.3 is 4.74 Å². The Morgan fingerprint density at radius 2 is 1.62 bits per heavy atom. The lowest BCUT2D eigenvalue weighted by atomic mass is 9.45. The molecular weight excluding hydrogens is 316 g/mol. The molecule has 1 aromatic carbocycles. The molecule has 0 radical (unpaired) electrons. The minimum atomic E-state index is 0.437. The van der Waals surface area contributed by atoms with E-state index in [-0.39, 0.29) is 0 Å². The second-order valence-electron chi connectivity index (χ2n) is 10.5. The largest absolute Gasteiger partial charge is 0.490 e. The lowest BCUT2D eigenvalue weighted by Crippen LogP contribution is -2.57. The van der Waals surface area contributed by atoms with Gasteiger partial charge in [-0.15, -0.1) is 0 Å². The molecule has 5 rings (SSSR count). The standard InChI is InChI=1S/C25H36O/c1-24-14-8-12-20(24)19-17-23(26-18-9-4-3-5-10-18)22-11-6-7-15-25(22,2)21(19)13-16-24/h3-5,9-10,19-23H,6-8,11-17H2,1-2H3/t19-,20-,21+,22?,23?,24-,25+/m0/s1. The number of rotatable bonds is 2. The Kier molecular flexibility index (Phi) is 4.14. The summed E-state index contributed by atoms with van der Waals surface area (Å²) in [5, 5.41) is 0. The Bertz CT molecular complexity index is 639. The maximum absolute atomic E-state index is 6.72. The molecule has 0 saturated heterocycles. The minimum absolute atomic E-state index is 0.437. The Hall–Kier alpha value is -0.980. The summed E-state index contributed by atoms with van der Waals surface area (Å²) in [6, 6.07) is 10.7. The zero-order chi connectivity index (χ0) is 17.8. The van der Waals surface area contributed by atoms with Crippen molar-refractivity contribution in [2.24, 2.45) is 34.5 Å². The predicted octanol–water partition coefficient (Wildman–Crippen LogP) is 6.87. The Morgan fingerprint density at radius 1 is 0.808 bits per heavy atom. The molecule has 1 heteroatoms. The normalized spacial score (nSPS) is 47.5. The van der Waals surface area contributed by atoms with Crippen LogP contribution in [0.1, 0.15) is 78.1 Å². The highest BCUT2D eigenvalue weighted by atomic mass is 16.5. The lowest BCUT2D eigenvalue weighted by Gasteiger charge is -2.61. The summed E-state index contributed by atoms with van der Waals surface area (Å²) in [5.41, 5.74) is 1.15. The quantitative estimate of drug-likeness (QED) is 0.564. The van der Waals surface area contributed by atoms with E-state index in [9.17, 15) is 0 Å². The summed E-state index contributed by atoms with van der Waals surface area (Å²) < 4.78 is 6.72. The third-order valence-electron chi connectivity index (χ3n) is 9.38. The molecule has 4 saturated carbocycles. The number of benzene rings is 1. The number of hydrogen-bond acceptors (Lipinski definition) is 1. The van der Waals surface area contributed by atoms with Gasteiger partial charge in [0.25, 0.3) is 0 Å². The van der Waals surface area contributed by atoms with E-state index < -0.39 is 0 Å². The first-order chi connectivity index (χ1) is 12.6. The molecule has 0 spiro atoms. The summed E-state index contributed by atoms with van der Waals surface area (Å²) in [4.78, 5) is 0. The average molecular weight is 353 g/mol. The van der Waals surface area contributed by atoms with Gasteiger partial charge in [-0.3, -0.25) is 0 Å². The van der Waals surface area contributed by atoms with Crippen molar-refractivity contribution in [1.29, 1.82) is 0 Å². The molecule has 26 heavy (non-hydrogen) atoms. The molecule has 4 aliphatic carbocycles. The third-order valence-corrected chi connectivity index (χ3v) is 9.38. The van der Waals surface area contributed by atoms with Crippen LogP contribution in [-0.4, -0.2) is 6.10 Å². The fourth-order valence-electron chi connectivity index (χ4n) is 8.12. The monoisotopic (exact) mass is 352 g/mol. The van der Waals surface area contributed by atoms with Crippen LogP contribution in [0.25, 0.3) is 0 Å². The van der Waals surface area contributed by atoms with Gasteiger partial charge in [0, 0.05) is 5.92 Å². The first-order valence-electron chi connectivity index (χ1n) is 11.3. The smallest absolute Gasteiger partial charge is 0.119 e. The maximum Gasteiger partial charge on any atom is 0.119 e. The number of ether oxygens (including phenoxy) is 1. The molecule has 0 amide bonds. The number of hydrogen-bond donors (Lipinski definition) is 0. The molecule has 7 atom stereocenters. The molecule has 1 nitrogen and oxygen atoms in total. The van der Waals surface area contributed by atoms with Gasteiger partial charge in [-0.2, -0.15) is 0 Å². The molecule has 0 aliphatic heterocycles. The zero-order valence-electron chi connectivity index (χ0n) is 16.8. The van der Waals surface area contributed by atoms with Crippen LogP contribution in [0.4, 0.5) is 0 Å². The highest BCUT2D eigenvalue weighted by Crippen LogP contribution is 2.66. The first kappa shape index (κ1) is 17.1. The molecule has 0 heterocycles. The van der Waals surface area contributed by atoms with Crippen LogP contribution in [0.2, 0.25) is 0 Å². The van der Waals surface area contributed by atoms with Crippen LogP contribution in [0.3, 0.4) is 0 Å². The molecule has 0 aromatic heterocycles. The molecule has 0 bridgehead atoms. The van der Waals surface area contributed by atoms with Crippen LogP contribution in [0.15, 0.2) is 30.3 Å². The highest BCUT2D eigenvalue weighted by molar-refractivity contribution is 5.22. The molecule has 4 aliphatic rings. The van der Waals surface area contributed by atoms with E-state index >= 15 is 0 Å². The van der Waals surface area contributed by atoms with Gasteiger partial charge in [0.2, 0.25) is 0 Å². The minimum Gasteiger partial charge on any atom is -0.490 e. The van der Waals surface area contributed by atoms with E-state index in [1.807, 2.05) is 0 Å². The molecule has 142 valence electrons. The Labute approximate surface area is 159 Å². The van der Waals surface area contributed by atoms with E-state index in [1.165, 1.54) is 64.2 Å². The van der Waals surface area contributed by atoms with Gasteiger partial charge in [0.1, 0.15) is 11.9 Å². The second-order valence-corrected chi connectivity index (χ2v) is 10.5. The van der Waals surface area contributed by atoms with Crippen molar-refractivity contribution in [3.63, 3.8) is 0 Å². The Balaban J connectivity index is 1.48. The number of para-hydroxylation sites is 1. The summed E-state index contributed by atoms with van der Waals surface area (Å²) in [6.07, 6.45) is 14.8. The van der Waals surface area contributed by atoms with E-state index in [4.69, 9.17) is 4.74 Å². The van der Waals surface area contributed by atoms with Crippen molar-refractivity contribution in [2.75, 3.05) is 0 Å². The van der Waals surface area contributed by atoms with Crippen LogP contribution < -0.4 is 4.74 Å². The number of fused-ring (bicyclic) bond motifs is 5. The summed E-state index contributed by atoms with van der Waals surface area (Å²) in [6.45, 7) is 5.27. The fraction of sp³-hybridized carbons (Fsp3) is 0.760. The van der Waals surface area contributed by atoms with E-state index in [1.54, 1.807) is 0 Å². The summed E-state index contributed by atoms with van der Waals surface area (Å²) in [7, 11) is 0. The lowest BCUT2D eigenvalue weighted by molar-refractivity contribution is -0.146. The van der Waals surface area contributed by atoms with Crippen molar-refractivity contribution in [1.82, 2.24) is 0 Å². The van der Waals surface area contributed by atoms with Gasteiger partial charge in [0.05, 0.1) is 0 Å². The van der Waals surface area contributed by atoms with Gasteiger partial charge in [-0.25, -0.2) is 0 Å². The van der Waals surface area contributed by atoms with Crippen molar-refractivity contribution in [3.05, 3.63) is 30.3 Å². The average Bonchev–Trinajstić information content (AvgIpc) is 3.04.